The lowest BCUT2D eigenvalue weighted by atomic mass is 10.1. The lowest BCUT2D eigenvalue weighted by molar-refractivity contribution is -0.119. The molecule has 9 nitrogen and oxygen atoms in total. The minimum atomic E-state index is -3.71. The molecule has 162 valence electrons. The van der Waals surface area contributed by atoms with Gasteiger partial charge in [0, 0.05) is 19.2 Å². The summed E-state index contributed by atoms with van der Waals surface area (Å²) in [4.78, 5) is 25.4. The molecule has 0 aromatic heterocycles. The number of methoxy groups -OCH3 is 3. The smallest absolute Gasteiger partial charge is 0.340 e. The predicted octanol–water partition coefficient (Wildman–Crippen LogP) is 2.06. The molecule has 1 amide bonds. The van der Waals surface area contributed by atoms with E-state index < -0.39 is 27.9 Å². The number of hydrogen-bond acceptors (Lipinski definition) is 7. The Balaban J connectivity index is 2.55. The number of hydrogen-bond donors (Lipinski definition) is 1. The number of nitrogens with zero attached hydrogens (tertiary/aromatic N) is 1. The van der Waals surface area contributed by atoms with Crippen molar-refractivity contribution in [2.45, 2.75) is 6.04 Å². The first-order valence-corrected chi connectivity index (χ1v) is 10.6. The Morgan fingerprint density at radius 2 is 1.57 bits per heavy atom. The molecule has 2 rings (SSSR count). The zero-order valence-corrected chi connectivity index (χ0v) is 18.1. The minimum absolute atomic E-state index is 0.0253. The van der Waals surface area contributed by atoms with Crippen LogP contribution >= 0.6 is 0 Å². The van der Waals surface area contributed by atoms with E-state index in [4.69, 9.17) is 14.2 Å². The van der Waals surface area contributed by atoms with Gasteiger partial charge in [-0.05, 0) is 5.56 Å². The van der Waals surface area contributed by atoms with E-state index in [0.717, 1.165) is 10.6 Å². The fraction of sp³-hybridized carbons (Fsp3) is 0.300. The molecule has 0 spiro atoms. The van der Waals surface area contributed by atoms with E-state index >= 15 is 0 Å². The number of nitrogens with one attached hydrogen (secondary N) is 1. The first-order chi connectivity index (χ1) is 14.1. The van der Waals surface area contributed by atoms with E-state index in [0.29, 0.717) is 5.56 Å². The number of sulfonamides is 1. The van der Waals surface area contributed by atoms with Crippen molar-refractivity contribution in [1.82, 2.24) is 4.31 Å². The van der Waals surface area contributed by atoms with Crippen LogP contribution in [0.2, 0.25) is 0 Å². The highest BCUT2D eigenvalue weighted by Crippen LogP contribution is 2.34. The van der Waals surface area contributed by atoms with E-state index in [1.54, 1.807) is 30.3 Å². The molecule has 0 bridgehead atoms. The largest absolute Gasteiger partial charge is 0.493 e. The molecule has 0 saturated carbocycles. The lowest BCUT2D eigenvalue weighted by Gasteiger charge is -2.26. The fourth-order valence-electron chi connectivity index (χ4n) is 2.82. The van der Waals surface area contributed by atoms with Crippen molar-refractivity contribution in [3.8, 4) is 11.5 Å². The number of esters is 1. The second kappa shape index (κ2) is 9.59. The summed E-state index contributed by atoms with van der Waals surface area (Å²) in [7, 11) is 1.62. The Hall–Kier alpha value is -3.11. The average Bonchev–Trinajstić information content (AvgIpc) is 2.73. The van der Waals surface area contributed by atoms with Gasteiger partial charge in [0.15, 0.2) is 11.5 Å². The molecule has 2 aromatic rings. The molecule has 10 heteroatoms. The maximum absolute atomic E-state index is 13.2. The van der Waals surface area contributed by atoms with Crippen LogP contribution in [-0.4, -0.2) is 59.2 Å². The van der Waals surface area contributed by atoms with Gasteiger partial charge in [-0.25, -0.2) is 13.2 Å². The quantitative estimate of drug-likeness (QED) is 0.631. The summed E-state index contributed by atoms with van der Waals surface area (Å²) in [5, 5.41) is 2.62. The number of amides is 1. The van der Waals surface area contributed by atoms with Gasteiger partial charge in [0.25, 0.3) is 0 Å². The van der Waals surface area contributed by atoms with Crippen molar-refractivity contribution in [3.05, 3.63) is 53.6 Å². The third-order valence-electron chi connectivity index (χ3n) is 4.44. The van der Waals surface area contributed by atoms with Crippen molar-refractivity contribution in [2.75, 3.05) is 39.9 Å². The van der Waals surface area contributed by atoms with E-state index in [1.807, 2.05) is 0 Å². The van der Waals surface area contributed by atoms with E-state index in [9.17, 15) is 18.0 Å². The van der Waals surface area contributed by atoms with Gasteiger partial charge in [0.05, 0.1) is 38.8 Å². The van der Waals surface area contributed by atoms with Gasteiger partial charge < -0.3 is 19.5 Å². The van der Waals surface area contributed by atoms with E-state index in [1.165, 1.54) is 40.5 Å². The van der Waals surface area contributed by atoms with Crippen LogP contribution in [0.4, 0.5) is 5.69 Å². The Morgan fingerprint density at radius 1 is 1.00 bits per heavy atom. The molecule has 0 aliphatic carbocycles. The van der Waals surface area contributed by atoms with E-state index in [2.05, 4.69) is 5.32 Å². The van der Waals surface area contributed by atoms with Crippen LogP contribution < -0.4 is 14.8 Å². The highest BCUT2D eigenvalue weighted by atomic mass is 32.2. The number of ether oxygens (including phenoxy) is 3. The maximum atomic E-state index is 13.2. The van der Waals surface area contributed by atoms with Gasteiger partial charge in [0.2, 0.25) is 15.9 Å². The second-order valence-corrected chi connectivity index (χ2v) is 8.37. The number of benzene rings is 2. The Kier molecular flexibility index (Phi) is 7.41. The predicted molar refractivity (Wildman–Crippen MR) is 111 cm³/mol. The van der Waals surface area contributed by atoms with Crippen molar-refractivity contribution < 1.29 is 32.2 Å². The van der Waals surface area contributed by atoms with Crippen molar-refractivity contribution in [1.29, 1.82) is 0 Å². The average molecular weight is 436 g/mol. The zero-order valence-electron chi connectivity index (χ0n) is 17.3. The second-order valence-electron chi connectivity index (χ2n) is 6.33. The van der Waals surface area contributed by atoms with Gasteiger partial charge in [0.1, 0.15) is 6.04 Å². The number of carbonyl (C=O) groups excluding carboxylic acids is 2. The van der Waals surface area contributed by atoms with E-state index in [-0.39, 0.29) is 22.7 Å². The Bertz CT molecular complexity index is 1020. The first-order valence-electron chi connectivity index (χ1n) is 8.77. The fourth-order valence-corrected chi connectivity index (χ4v) is 3.42. The highest BCUT2D eigenvalue weighted by Gasteiger charge is 2.32. The molecule has 30 heavy (non-hydrogen) atoms. The van der Waals surface area contributed by atoms with Crippen molar-refractivity contribution in [2.24, 2.45) is 0 Å². The lowest BCUT2D eigenvalue weighted by Crippen LogP contribution is -2.38. The molecule has 0 aliphatic rings. The molecule has 0 aliphatic heterocycles. The summed E-state index contributed by atoms with van der Waals surface area (Å²) in [5.41, 5.74) is 0.577. The van der Waals surface area contributed by atoms with Crippen LogP contribution in [-0.2, 0) is 19.6 Å². The van der Waals surface area contributed by atoms with Crippen molar-refractivity contribution >= 4 is 27.6 Å². The van der Waals surface area contributed by atoms with Crippen LogP contribution in [0.15, 0.2) is 42.5 Å². The van der Waals surface area contributed by atoms with Crippen LogP contribution in [0, 0.1) is 0 Å². The number of likely N-dealkylation sites (N-methyl/N-ethyl adjacent to an activating group) is 1. The van der Waals surface area contributed by atoms with Gasteiger partial charge >= 0.3 is 5.97 Å². The topological polar surface area (TPSA) is 111 Å². The summed E-state index contributed by atoms with van der Waals surface area (Å²) < 4.78 is 40.5. The molecule has 0 radical (unpaired) electrons. The molecule has 1 atom stereocenters. The summed E-state index contributed by atoms with van der Waals surface area (Å²) >= 11 is 0. The minimum Gasteiger partial charge on any atom is -0.493 e. The molecule has 0 saturated heterocycles. The summed E-state index contributed by atoms with van der Waals surface area (Å²) in [6.45, 7) is 0. The SMILES string of the molecule is COC(=O)c1cc(OC)c(OC)cc1NC(=O)[C@@H](c1ccccc1)N(C)S(C)(=O)=O. The zero-order chi connectivity index (χ0) is 22.5. The molecular formula is C20H24N2O7S. The van der Waals surface area contributed by atoms with Crippen LogP contribution in [0.5, 0.6) is 11.5 Å². The van der Waals surface area contributed by atoms with Crippen molar-refractivity contribution in [3.63, 3.8) is 0 Å². The van der Waals surface area contributed by atoms with Crippen LogP contribution in [0.3, 0.4) is 0 Å². The maximum Gasteiger partial charge on any atom is 0.340 e. The van der Waals surface area contributed by atoms with Gasteiger partial charge in [-0.15, -0.1) is 0 Å². The van der Waals surface area contributed by atoms with Crippen LogP contribution in [0.1, 0.15) is 22.0 Å². The third-order valence-corrected chi connectivity index (χ3v) is 5.69. The molecular weight excluding hydrogens is 412 g/mol. The normalized spacial score (nSPS) is 12.2. The molecule has 1 N–H and O–H groups in total. The Morgan fingerprint density at radius 3 is 2.07 bits per heavy atom. The molecule has 2 aromatic carbocycles. The van der Waals surface area contributed by atoms with Gasteiger partial charge in [-0.1, -0.05) is 30.3 Å². The number of carbonyl (C=O) groups is 2. The van der Waals surface area contributed by atoms with Gasteiger partial charge in [-0.2, -0.15) is 4.31 Å². The Labute approximate surface area is 175 Å². The number of rotatable bonds is 8. The third kappa shape index (κ3) is 5.08. The van der Waals surface area contributed by atoms with Crippen LogP contribution in [0.25, 0.3) is 0 Å². The summed E-state index contributed by atoms with van der Waals surface area (Å²) in [6, 6.07) is 10.0. The molecule has 0 heterocycles. The monoisotopic (exact) mass is 436 g/mol. The highest BCUT2D eigenvalue weighted by molar-refractivity contribution is 7.88. The molecule has 0 fully saturated rings. The standard InChI is InChI=1S/C20H24N2O7S/c1-22(30(5,25)26)18(13-9-7-6-8-10-13)19(23)21-15-12-17(28-3)16(27-2)11-14(15)20(24)29-4/h6-12,18H,1-5H3,(H,21,23)/t18-/m1/s1. The number of anilines is 1. The molecule has 0 unspecified atom stereocenters. The summed E-state index contributed by atoms with van der Waals surface area (Å²) in [5.74, 6) is -0.831. The summed E-state index contributed by atoms with van der Waals surface area (Å²) in [6.07, 6.45) is 1.01. The first kappa shape index (κ1) is 23.2. The van der Waals surface area contributed by atoms with Gasteiger partial charge in [-0.3, -0.25) is 4.79 Å².